The average molecular weight is 204 g/mol. The summed E-state index contributed by atoms with van der Waals surface area (Å²) in [6.07, 6.45) is 0. The highest BCUT2D eigenvalue weighted by atomic mass is 16.2. The molecule has 1 saturated heterocycles. The van der Waals surface area contributed by atoms with E-state index in [0.29, 0.717) is 0 Å². The molecule has 1 fully saturated rings. The van der Waals surface area contributed by atoms with Crippen molar-refractivity contribution in [3.63, 3.8) is 0 Å². The minimum atomic E-state index is -0.424. The Morgan fingerprint density at radius 3 is 2.47 bits per heavy atom. The van der Waals surface area contributed by atoms with Crippen molar-refractivity contribution in [1.82, 2.24) is 10.6 Å². The molecule has 0 saturated carbocycles. The van der Waals surface area contributed by atoms with E-state index in [0.717, 1.165) is 5.56 Å². The number of hydrogen-bond donors (Lipinski definition) is 2. The van der Waals surface area contributed by atoms with Crippen LogP contribution in [0.1, 0.15) is 18.5 Å². The predicted octanol–water partition coefficient (Wildman–Crippen LogP) is 1.20. The van der Waals surface area contributed by atoms with Crippen molar-refractivity contribution in [3.8, 4) is 0 Å². The Balaban J connectivity index is 2.28. The van der Waals surface area contributed by atoms with E-state index in [1.807, 2.05) is 30.3 Å². The summed E-state index contributed by atoms with van der Waals surface area (Å²) in [7, 11) is 0. The van der Waals surface area contributed by atoms with Crippen LogP contribution >= 0.6 is 0 Å². The van der Waals surface area contributed by atoms with E-state index in [2.05, 4.69) is 10.6 Å². The highest BCUT2D eigenvalue weighted by molar-refractivity contribution is 5.98. The zero-order valence-corrected chi connectivity index (χ0v) is 8.36. The van der Waals surface area contributed by atoms with Gasteiger partial charge in [0, 0.05) is 0 Å². The fraction of sp³-hybridized carbons (Fsp3) is 0.273. The number of urea groups is 1. The summed E-state index contributed by atoms with van der Waals surface area (Å²) in [5.41, 5.74) is 0.952. The van der Waals surface area contributed by atoms with Crippen molar-refractivity contribution in [2.45, 2.75) is 13.0 Å². The topological polar surface area (TPSA) is 58.2 Å². The highest BCUT2D eigenvalue weighted by Crippen LogP contribution is 2.23. The lowest BCUT2D eigenvalue weighted by Crippen LogP contribution is -2.52. The van der Waals surface area contributed by atoms with Crippen LogP contribution in [0.5, 0.6) is 0 Å². The van der Waals surface area contributed by atoms with E-state index >= 15 is 0 Å². The molecule has 1 heterocycles. The summed E-state index contributed by atoms with van der Waals surface area (Å²) in [6.45, 7) is 1.80. The van der Waals surface area contributed by atoms with Gasteiger partial charge in [0.2, 0.25) is 5.91 Å². The SMILES string of the molecule is C[C@@H]1C(=O)NC(=O)N[C@H]1c1ccccc1. The fourth-order valence-corrected chi connectivity index (χ4v) is 1.71. The standard InChI is InChI=1S/C11H12N2O2/c1-7-9(8-5-3-2-4-6-8)12-11(15)13-10(7)14/h2-7,9H,1H3,(H2,12,13,14,15)/t7-,9+/m0/s1. The normalized spacial score (nSPS) is 25.7. The molecule has 0 bridgehead atoms. The van der Waals surface area contributed by atoms with Gasteiger partial charge in [-0.05, 0) is 5.56 Å². The summed E-state index contributed by atoms with van der Waals surface area (Å²) in [4.78, 5) is 22.6. The molecule has 0 aliphatic carbocycles. The molecule has 0 unspecified atom stereocenters. The number of carbonyl (C=O) groups excluding carboxylic acids is 2. The molecule has 1 aliphatic rings. The van der Waals surface area contributed by atoms with Gasteiger partial charge < -0.3 is 5.32 Å². The largest absolute Gasteiger partial charge is 0.330 e. The first-order valence-electron chi connectivity index (χ1n) is 4.85. The zero-order chi connectivity index (χ0) is 10.8. The van der Waals surface area contributed by atoms with Crippen molar-refractivity contribution in [3.05, 3.63) is 35.9 Å². The molecule has 0 aromatic heterocycles. The number of imide groups is 1. The monoisotopic (exact) mass is 204 g/mol. The second kappa shape index (κ2) is 3.73. The minimum Gasteiger partial charge on any atom is -0.330 e. The van der Waals surface area contributed by atoms with Crippen LogP contribution in [-0.2, 0) is 4.79 Å². The Kier molecular flexibility index (Phi) is 2.41. The third-order valence-electron chi connectivity index (χ3n) is 2.60. The summed E-state index contributed by atoms with van der Waals surface area (Å²) < 4.78 is 0. The summed E-state index contributed by atoms with van der Waals surface area (Å²) in [5.74, 6) is -0.474. The van der Waals surface area contributed by atoms with Crippen LogP contribution < -0.4 is 10.6 Å². The molecule has 1 aliphatic heterocycles. The molecule has 4 nitrogen and oxygen atoms in total. The highest BCUT2D eigenvalue weighted by Gasteiger charge is 2.32. The second-order valence-corrected chi connectivity index (χ2v) is 3.64. The van der Waals surface area contributed by atoms with E-state index in [1.54, 1.807) is 6.92 Å². The summed E-state index contributed by atoms with van der Waals surface area (Å²) >= 11 is 0. The number of rotatable bonds is 1. The molecular formula is C11H12N2O2. The van der Waals surface area contributed by atoms with Crippen LogP contribution in [0.25, 0.3) is 0 Å². The van der Waals surface area contributed by atoms with E-state index < -0.39 is 6.03 Å². The van der Waals surface area contributed by atoms with Crippen molar-refractivity contribution in [1.29, 1.82) is 0 Å². The van der Waals surface area contributed by atoms with Gasteiger partial charge in [0.1, 0.15) is 0 Å². The molecule has 1 aromatic carbocycles. The van der Waals surface area contributed by atoms with E-state index in [4.69, 9.17) is 0 Å². The quantitative estimate of drug-likeness (QED) is 0.722. The number of nitrogens with one attached hydrogen (secondary N) is 2. The van der Waals surface area contributed by atoms with Crippen LogP contribution in [0.2, 0.25) is 0 Å². The molecule has 15 heavy (non-hydrogen) atoms. The number of benzene rings is 1. The van der Waals surface area contributed by atoms with Crippen molar-refractivity contribution in [2.75, 3.05) is 0 Å². The van der Waals surface area contributed by atoms with Gasteiger partial charge in [-0.15, -0.1) is 0 Å². The average Bonchev–Trinajstić information content (AvgIpc) is 2.24. The van der Waals surface area contributed by atoms with Gasteiger partial charge in [-0.25, -0.2) is 4.79 Å². The lowest BCUT2D eigenvalue weighted by atomic mass is 9.92. The van der Waals surface area contributed by atoms with E-state index in [1.165, 1.54) is 0 Å². The number of amides is 3. The maximum absolute atomic E-state index is 11.4. The summed E-state index contributed by atoms with van der Waals surface area (Å²) in [5, 5.41) is 4.98. The molecule has 2 N–H and O–H groups in total. The predicted molar refractivity (Wildman–Crippen MR) is 55.0 cm³/mol. The molecule has 0 spiro atoms. The second-order valence-electron chi connectivity index (χ2n) is 3.64. The van der Waals surface area contributed by atoms with Crippen molar-refractivity contribution in [2.24, 2.45) is 5.92 Å². The first kappa shape index (κ1) is 9.71. The molecule has 0 radical (unpaired) electrons. The van der Waals surface area contributed by atoms with Gasteiger partial charge in [-0.2, -0.15) is 0 Å². The Morgan fingerprint density at radius 2 is 1.80 bits per heavy atom. The van der Waals surface area contributed by atoms with Gasteiger partial charge in [0.15, 0.2) is 0 Å². The van der Waals surface area contributed by atoms with Crippen LogP contribution in [0.4, 0.5) is 4.79 Å². The number of hydrogen-bond acceptors (Lipinski definition) is 2. The van der Waals surface area contributed by atoms with Gasteiger partial charge in [-0.1, -0.05) is 37.3 Å². The van der Waals surface area contributed by atoms with Crippen LogP contribution in [0, 0.1) is 5.92 Å². The molecule has 4 heteroatoms. The lowest BCUT2D eigenvalue weighted by Gasteiger charge is -2.29. The minimum absolute atomic E-state index is 0.229. The Hall–Kier alpha value is -1.84. The first-order chi connectivity index (χ1) is 7.18. The van der Waals surface area contributed by atoms with E-state index in [-0.39, 0.29) is 17.9 Å². The van der Waals surface area contributed by atoms with Crippen LogP contribution in [0.3, 0.4) is 0 Å². The van der Waals surface area contributed by atoms with Crippen molar-refractivity contribution < 1.29 is 9.59 Å². The third-order valence-corrected chi connectivity index (χ3v) is 2.60. The summed E-state index contributed by atoms with van der Waals surface area (Å²) in [6, 6.07) is 8.83. The maximum Gasteiger partial charge on any atom is 0.321 e. The fourth-order valence-electron chi connectivity index (χ4n) is 1.71. The smallest absolute Gasteiger partial charge is 0.321 e. The molecule has 78 valence electrons. The molecular weight excluding hydrogens is 192 g/mol. The first-order valence-corrected chi connectivity index (χ1v) is 4.85. The molecule has 2 rings (SSSR count). The number of carbonyl (C=O) groups is 2. The third kappa shape index (κ3) is 1.83. The Labute approximate surface area is 87.7 Å². The van der Waals surface area contributed by atoms with Crippen molar-refractivity contribution >= 4 is 11.9 Å². The molecule has 2 atom stereocenters. The van der Waals surface area contributed by atoms with Gasteiger partial charge >= 0.3 is 6.03 Å². The molecule has 3 amide bonds. The van der Waals surface area contributed by atoms with Crippen LogP contribution in [-0.4, -0.2) is 11.9 Å². The van der Waals surface area contributed by atoms with Gasteiger partial charge in [-0.3, -0.25) is 10.1 Å². The Bertz CT molecular complexity index is 389. The van der Waals surface area contributed by atoms with Crippen LogP contribution in [0.15, 0.2) is 30.3 Å². The maximum atomic E-state index is 11.4. The van der Waals surface area contributed by atoms with Gasteiger partial charge in [0.05, 0.1) is 12.0 Å². The van der Waals surface area contributed by atoms with E-state index in [9.17, 15) is 9.59 Å². The molecule has 1 aromatic rings. The van der Waals surface area contributed by atoms with Gasteiger partial charge in [0.25, 0.3) is 0 Å². The Morgan fingerprint density at radius 1 is 1.13 bits per heavy atom. The zero-order valence-electron chi connectivity index (χ0n) is 8.36. The lowest BCUT2D eigenvalue weighted by molar-refractivity contribution is -0.125.